The van der Waals surface area contributed by atoms with Gasteiger partial charge in [-0.05, 0) is 39.0 Å². The predicted molar refractivity (Wildman–Crippen MR) is 111 cm³/mol. The maximum Gasteiger partial charge on any atom is 0.262 e. The van der Waals surface area contributed by atoms with Crippen molar-refractivity contribution in [2.45, 2.75) is 32.9 Å². The number of fused-ring (bicyclic) bond motifs is 1. The molecule has 7 heteroatoms. The molecule has 1 aromatic heterocycles. The summed E-state index contributed by atoms with van der Waals surface area (Å²) < 4.78 is 15.8. The van der Waals surface area contributed by atoms with Gasteiger partial charge in [-0.3, -0.25) is 9.59 Å². The summed E-state index contributed by atoms with van der Waals surface area (Å²) in [5.41, 5.74) is 4.26. The van der Waals surface area contributed by atoms with Gasteiger partial charge in [-0.15, -0.1) is 0 Å². The summed E-state index contributed by atoms with van der Waals surface area (Å²) in [6.07, 6.45) is 3.55. The van der Waals surface area contributed by atoms with Crippen LogP contribution in [0, 0.1) is 5.82 Å². The van der Waals surface area contributed by atoms with Crippen molar-refractivity contribution in [3.63, 3.8) is 0 Å². The van der Waals surface area contributed by atoms with E-state index in [-0.39, 0.29) is 11.6 Å². The number of carbonyl (C=O) groups is 2. The molecule has 0 saturated heterocycles. The number of carbonyl (C=O) groups excluding carboxylic acids is 2. The fourth-order valence-corrected chi connectivity index (χ4v) is 3.01. The van der Waals surface area contributed by atoms with Gasteiger partial charge in [-0.25, -0.2) is 9.82 Å². The molecule has 0 aliphatic rings. The molecule has 0 aliphatic carbocycles. The van der Waals surface area contributed by atoms with E-state index >= 15 is 0 Å². The van der Waals surface area contributed by atoms with Crippen LogP contribution < -0.4 is 10.7 Å². The van der Waals surface area contributed by atoms with Gasteiger partial charge in [-0.2, -0.15) is 5.10 Å². The van der Waals surface area contributed by atoms with Crippen LogP contribution in [-0.4, -0.2) is 28.6 Å². The SMILES string of the molecule is CC(C)n1cc(/C=N\NC(=O)[C@@H](C)NC(=O)c2ccccc2F)c2ccccc21. The zero-order valence-electron chi connectivity index (χ0n) is 16.5. The zero-order chi connectivity index (χ0) is 21.0. The molecule has 150 valence electrons. The summed E-state index contributed by atoms with van der Waals surface area (Å²) in [7, 11) is 0. The van der Waals surface area contributed by atoms with E-state index < -0.39 is 23.7 Å². The first kappa shape index (κ1) is 20.3. The van der Waals surface area contributed by atoms with Gasteiger partial charge in [0.05, 0.1) is 11.8 Å². The Hall–Kier alpha value is -3.48. The Labute approximate surface area is 168 Å². The van der Waals surface area contributed by atoms with E-state index in [1.165, 1.54) is 25.1 Å². The van der Waals surface area contributed by atoms with Crippen LogP contribution in [0.2, 0.25) is 0 Å². The first-order valence-electron chi connectivity index (χ1n) is 9.36. The van der Waals surface area contributed by atoms with E-state index in [0.717, 1.165) is 16.5 Å². The summed E-state index contributed by atoms with van der Waals surface area (Å²) in [6, 6.07) is 13.0. The molecule has 2 N–H and O–H groups in total. The number of aromatic nitrogens is 1. The van der Waals surface area contributed by atoms with E-state index in [1.807, 2.05) is 30.5 Å². The third-order valence-electron chi connectivity index (χ3n) is 4.57. The van der Waals surface area contributed by atoms with E-state index in [4.69, 9.17) is 0 Å². The van der Waals surface area contributed by atoms with Crippen molar-refractivity contribution in [1.82, 2.24) is 15.3 Å². The minimum absolute atomic E-state index is 0.114. The monoisotopic (exact) mass is 394 g/mol. The molecule has 0 saturated carbocycles. The highest BCUT2D eigenvalue weighted by molar-refractivity contribution is 6.00. The number of hydrogen-bond acceptors (Lipinski definition) is 3. The number of halogens is 1. The Kier molecular flexibility index (Phi) is 6.07. The van der Waals surface area contributed by atoms with Crippen molar-refractivity contribution >= 4 is 28.9 Å². The first-order valence-corrected chi connectivity index (χ1v) is 9.36. The maximum atomic E-state index is 13.7. The van der Waals surface area contributed by atoms with Gasteiger partial charge in [0.25, 0.3) is 11.8 Å². The first-order chi connectivity index (χ1) is 13.9. The topological polar surface area (TPSA) is 75.5 Å². The molecule has 0 radical (unpaired) electrons. The van der Waals surface area contributed by atoms with Crippen LogP contribution in [0.3, 0.4) is 0 Å². The Bertz CT molecular complexity index is 1070. The molecule has 1 atom stereocenters. The third kappa shape index (κ3) is 4.51. The molecule has 1 heterocycles. The normalized spacial score (nSPS) is 12.4. The average molecular weight is 394 g/mol. The molecule has 29 heavy (non-hydrogen) atoms. The second-order valence-electron chi connectivity index (χ2n) is 7.01. The molecule has 2 amide bonds. The Morgan fingerprint density at radius 1 is 1.07 bits per heavy atom. The van der Waals surface area contributed by atoms with Crippen molar-refractivity contribution < 1.29 is 14.0 Å². The molecular formula is C22H23FN4O2. The van der Waals surface area contributed by atoms with Crippen LogP contribution >= 0.6 is 0 Å². The van der Waals surface area contributed by atoms with Gasteiger partial charge in [0.1, 0.15) is 11.9 Å². The van der Waals surface area contributed by atoms with Crippen LogP contribution in [0.25, 0.3) is 10.9 Å². The van der Waals surface area contributed by atoms with Crippen LogP contribution in [0.15, 0.2) is 59.8 Å². The Balaban J connectivity index is 1.66. The third-order valence-corrected chi connectivity index (χ3v) is 4.57. The molecule has 0 bridgehead atoms. The van der Waals surface area contributed by atoms with Crippen LogP contribution in [0.1, 0.15) is 42.7 Å². The van der Waals surface area contributed by atoms with Crippen molar-refractivity contribution in [2.75, 3.05) is 0 Å². The van der Waals surface area contributed by atoms with Gasteiger partial charge >= 0.3 is 0 Å². The fraction of sp³-hybridized carbons (Fsp3) is 0.227. The highest BCUT2D eigenvalue weighted by Gasteiger charge is 2.18. The Morgan fingerprint density at radius 2 is 1.76 bits per heavy atom. The second-order valence-corrected chi connectivity index (χ2v) is 7.01. The second kappa shape index (κ2) is 8.68. The van der Waals surface area contributed by atoms with E-state index in [1.54, 1.807) is 12.3 Å². The number of nitrogens with zero attached hydrogens (tertiary/aromatic N) is 2. The van der Waals surface area contributed by atoms with Crippen LogP contribution in [0.4, 0.5) is 4.39 Å². The van der Waals surface area contributed by atoms with Gasteiger partial charge < -0.3 is 9.88 Å². The molecule has 2 aromatic carbocycles. The summed E-state index contributed by atoms with van der Waals surface area (Å²) >= 11 is 0. The van der Waals surface area contributed by atoms with Crippen molar-refractivity contribution in [1.29, 1.82) is 0 Å². The molecule has 0 spiro atoms. The highest BCUT2D eigenvalue weighted by Crippen LogP contribution is 2.23. The lowest BCUT2D eigenvalue weighted by molar-refractivity contribution is -0.122. The van der Waals surface area contributed by atoms with Gasteiger partial charge in [0, 0.05) is 28.7 Å². The largest absolute Gasteiger partial charge is 0.344 e. The number of hydrogen-bond donors (Lipinski definition) is 2. The summed E-state index contributed by atoms with van der Waals surface area (Å²) in [4.78, 5) is 24.3. The van der Waals surface area contributed by atoms with Crippen molar-refractivity contribution in [3.05, 3.63) is 71.7 Å². The van der Waals surface area contributed by atoms with Crippen LogP contribution in [0.5, 0.6) is 0 Å². The molecule has 6 nitrogen and oxygen atoms in total. The van der Waals surface area contributed by atoms with E-state index in [2.05, 4.69) is 34.3 Å². The maximum absolute atomic E-state index is 13.7. The summed E-state index contributed by atoms with van der Waals surface area (Å²) in [6.45, 7) is 5.69. The van der Waals surface area contributed by atoms with Crippen molar-refractivity contribution in [3.8, 4) is 0 Å². The fourth-order valence-electron chi connectivity index (χ4n) is 3.01. The lowest BCUT2D eigenvalue weighted by atomic mass is 10.2. The quantitative estimate of drug-likeness (QED) is 0.495. The molecular weight excluding hydrogens is 371 g/mol. The minimum Gasteiger partial charge on any atom is -0.344 e. The van der Waals surface area contributed by atoms with E-state index in [9.17, 15) is 14.0 Å². The standard InChI is InChI=1S/C22H23FN4O2/c1-14(2)27-13-16(17-8-5-7-11-20(17)27)12-24-26-21(28)15(3)25-22(29)18-9-4-6-10-19(18)23/h4-15H,1-3H3,(H,25,29)(H,26,28)/b24-12-/t15-/m1/s1. The predicted octanol–water partition coefficient (Wildman–Crippen LogP) is 3.63. The van der Waals surface area contributed by atoms with Crippen molar-refractivity contribution in [2.24, 2.45) is 5.10 Å². The van der Waals surface area contributed by atoms with Gasteiger partial charge in [0.15, 0.2) is 0 Å². The zero-order valence-corrected chi connectivity index (χ0v) is 16.5. The number of benzene rings is 2. The molecule has 0 fully saturated rings. The number of amides is 2. The molecule has 0 aliphatic heterocycles. The van der Waals surface area contributed by atoms with Crippen LogP contribution in [-0.2, 0) is 4.79 Å². The van der Waals surface area contributed by atoms with Gasteiger partial charge in [-0.1, -0.05) is 30.3 Å². The number of hydrazone groups is 1. The van der Waals surface area contributed by atoms with Gasteiger partial charge in [0.2, 0.25) is 0 Å². The summed E-state index contributed by atoms with van der Waals surface area (Å²) in [5.74, 6) is -1.80. The molecule has 3 aromatic rings. The average Bonchev–Trinajstić information content (AvgIpc) is 3.07. The van der Waals surface area contributed by atoms with E-state index in [0.29, 0.717) is 0 Å². The number of para-hydroxylation sites is 1. The number of nitrogens with one attached hydrogen (secondary N) is 2. The smallest absolute Gasteiger partial charge is 0.262 e. The number of rotatable bonds is 6. The molecule has 3 rings (SSSR count). The lowest BCUT2D eigenvalue weighted by Gasteiger charge is -2.12. The minimum atomic E-state index is -0.878. The Morgan fingerprint density at radius 3 is 2.48 bits per heavy atom. The lowest BCUT2D eigenvalue weighted by Crippen LogP contribution is -2.43. The highest BCUT2D eigenvalue weighted by atomic mass is 19.1. The summed E-state index contributed by atoms with van der Waals surface area (Å²) in [5, 5.41) is 7.51. The molecule has 0 unspecified atom stereocenters.